The lowest BCUT2D eigenvalue weighted by Gasteiger charge is -2.19. The molecule has 0 saturated carbocycles. The molecule has 1 aromatic heterocycles. The second-order valence-corrected chi connectivity index (χ2v) is 7.79. The molecule has 0 atom stereocenters. The molecule has 0 aliphatic carbocycles. The van der Waals surface area contributed by atoms with E-state index in [4.69, 9.17) is 16.0 Å². The van der Waals surface area contributed by atoms with E-state index in [0.29, 0.717) is 10.6 Å². The molecule has 0 radical (unpaired) electrons. The van der Waals surface area contributed by atoms with E-state index in [1.807, 2.05) is 12.1 Å². The molecule has 0 aliphatic heterocycles. The average molecular weight is 399 g/mol. The Morgan fingerprint density at radius 1 is 0.929 bits per heavy atom. The molecule has 0 saturated heterocycles. The highest BCUT2D eigenvalue weighted by Gasteiger charge is 2.16. The van der Waals surface area contributed by atoms with Crippen LogP contribution in [-0.4, -0.2) is 11.8 Å². The molecule has 0 bridgehead atoms. The van der Waals surface area contributed by atoms with Crippen molar-refractivity contribution in [2.45, 2.75) is 26.2 Å². The highest BCUT2D eigenvalue weighted by molar-refractivity contribution is 6.31. The van der Waals surface area contributed by atoms with Crippen LogP contribution in [0.1, 0.15) is 47.2 Å². The van der Waals surface area contributed by atoms with Gasteiger partial charge in [-0.3, -0.25) is 25.2 Å². The summed E-state index contributed by atoms with van der Waals surface area (Å²) in [7, 11) is 0. The van der Waals surface area contributed by atoms with E-state index < -0.39 is 17.2 Å². The number of fused-ring (bicyclic) bond motifs is 1. The third kappa shape index (κ3) is 4.23. The molecule has 0 unspecified atom stereocenters. The lowest BCUT2D eigenvalue weighted by molar-refractivity contribution is 0.0831. The summed E-state index contributed by atoms with van der Waals surface area (Å²) in [5, 5.41) is 0.661. The Balaban J connectivity index is 1.71. The summed E-state index contributed by atoms with van der Waals surface area (Å²) in [5.74, 6) is -1.44. The van der Waals surface area contributed by atoms with Crippen molar-refractivity contribution in [3.8, 4) is 0 Å². The van der Waals surface area contributed by atoms with Crippen molar-refractivity contribution in [3.63, 3.8) is 0 Å². The molecule has 3 rings (SSSR count). The normalized spacial score (nSPS) is 11.3. The molecular weight excluding hydrogens is 380 g/mol. The fourth-order valence-corrected chi connectivity index (χ4v) is 2.78. The van der Waals surface area contributed by atoms with Crippen molar-refractivity contribution >= 4 is 34.4 Å². The van der Waals surface area contributed by atoms with Crippen molar-refractivity contribution in [2.75, 3.05) is 0 Å². The van der Waals surface area contributed by atoms with E-state index in [9.17, 15) is 14.4 Å². The Kier molecular flexibility index (Phi) is 5.25. The minimum absolute atomic E-state index is 0.0267. The van der Waals surface area contributed by atoms with Crippen LogP contribution in [-0.2, 0) is 5.41 Å². The first-order chi connectivity index (χ1) is 13.1. The average Bonchev–Trinajstić information content (AvgIpc) is 2.65. The Hall–Kier alpha value is -3.12. The SMILES string of the molecule is CC(C)(C)c1ccc(C(=O)NNC(=O)c2cc(=O)c3cc(Cl)ccc3o2)cc1. The summed E-state index contributed by atoms with van der Waals surface area (Å²) < 4.78 is 5.43. The maximum Gasteiger partial charge on any atom is 0.305 e. The van der Waals surface area contributed by atoms with Crippen molar-refractivity contribution in [1.29, 1.82) is 0 Å². The van der Waals surface area contributed by atoms with Gasteiger partial charge in [0.2, 0.25) is 0 Å². The van der Waals surface area contributed by atoms with Crippen LogP contribution in [0.2, 0.25) is 5.02 Å². The van der Waals surface area contributed by atoms with Crippen LogP contribution in [0.25, 0.3) is 11.0 Å². The molecule has 2 amide bonds. The zero-order valence-corrected chi connectivity index (χ0v) is 16.4. The van der Waals surface area contributed by atoms with Crippen LogP contribution in [0.3, 0.4) is 0 Å². The van der Waals surface area contributed by atoms with E-state index in [-0.39, 0.29) is 22.1 Å². The summed E-state index contributed by atoms with van der Waals surface area (Å²) in [5.41, 5.74) is 5.84. The largest absolute Gasteiger partial charge is 0.451 e. The molecule has 2 aromatic carbocycles. The minimum atomic E-state index is -0.742. The fourth-order valence-electron chi connectivity index (χ4n) is 2.61. The van der Waals surface area contributed by atoms with Crippen LogP contribution in [0.4, 0.5) is 0 Å². The van der Waals surface area contributed by atoms with E-state index in [2.05, 4.69) is 31.6 Å². The van der Waals surface area contributed by atoms with E-state index in [1.54, 1.807) is 18.2 Å². The number of carbonyl (C=O) groups excluding carboxylic acids is 2. The first-order valence-corrected chi connectivity index (χ1v) is 8.97. The highest BCUT2D eigenvalue weighted by Crippen LogP contribution is 2.22. The standard InChI is InChI=1S/C21H19ClN2O4/c1-21(2,3)13-6-4-12(5-7-13)19(26)23-24-20(27)18-11-16(25)15-10-14(22)8-9-17(15)28-18/h4-11H,1-3H3,(H,23,26)(H,24,27). The smallest absolute Gasteiger partial charge is 0.305 e. The molecule has 2 N–H and O–H groups in total. The van der Waals surface area contributed by atoms with Crippen LogP contribution >= 0.6 is 11.6 Å². The number of rotatable bonds is 2. The monoisotopic (exact) mass is 398 g/mol. The summed E-state index contributed by atoms with van der Waals surface area (Å²) in [6.45, 7) is 6.23. The maximum absolute atomic E-state index is 12.2. The molecule has 0 spiro atoms. The van der Waals surface area contributed by atoms with Gasteiger partial charge in [-0.15, -0.1) is 0 Å². The summed E-state index contributed by atoms with van der Waals surface area (Å²) >= 11 is 5.86. The number of benzene rings is 2. The van der Waals surface area contributed by atoms with Gasteiger partial charge in [-0.05, 0) is 41.3 Å². The van der Waals surface area contributed by atoms with E-state index >= 15 is 0 Å². The molecule has 7 heteroatoms. The van der Waals surface area contributed by atoms with E-state index in [1.165, 1.54) is 12.1 Å². The lowest BCUT2D eigenvalue weighted by Crippen LogP contribution is -2.41. The van der Waals surface area contributed by atoms with Gasteiger partial charge in [-0.2, -0.15) is 0 Å². The summed E-state index contributed by atoms with van der Waals surface area (Å²) in [4.78, 5) is 36.6. The second kappa shape index (κ2) is 7.48. The highest BCUT2D eigenvalue weighted by atomic mass is 35.5. The second-order valence-electron chi connectivity index (χ2n) is 7.35. The molecule has 144 valence electrons. The molecule has 1 heterocycles. The van der Waals surface area contributed by atoms with Crippen LogP contribution < -0.4 is 16.3 Å². The molecule has 3 aromatic rings. The fraction of sp³-hybridized carbons (Fsp3) is 0.190. The lowest BCUT2D eigenvalue weighted by atomic mass is 9.87. The van der Waals surface area contributed by atoms with Crippen molar-refractivity contribution in [2.24, 2.45) is 0 Å². The number of hydrogen-bond donors (Lipinski definition) is 2. The van der Waals surface area contributed by atoms with Gasteiger partial charge in [0, 0.05) is 16.7 Å². The van der Waals surface area contributed by atoms with Gasteiger partial charge >= 0.3 is 5.91 Å². The van der Waals surface area contributed by atoms with Gasteiger partial charge in [0.1, 0.15) is 5.58 Å². The minimum Gasteiger partial charge on any atom is -0.451 e. The summed E-state index contributed by atoms with van der Waals surface area (Å²) in [6, 6.07) is 12.7. The number of halogens is 1. The van der Waals surface area contributed by atoms with Crippen molar-refractivity contribution in [3.05, 3.63) is 80.7 Å². The van der Waals surface area contributed by atoms with Gasteiger partial charge < -0.3 is 4.42 Å². The Morgan fingerprint density at radius 3 is 2.21 bits per heavy atom. The molecule has 0 aliphatic rings. The number of hydrogen-bond acceptors (Lipinski definition) is 4. The van der Waals surface area contributed by atoms with Gasteiger partial charge in [0.25, 0.3) is 5.91 Å². The first-order valence-electron chi connectivity index (χ1n) is 8.60. The van der Waals surface area contributed by atoms with Crippen LogP contribution in [0.15, 0.2) is 57.7 Å². The van der Waals surface area contributed by atoms with Gasteiger partial charge in [0.05, 0.1) is 5.39 Å². The molecule has 6 nitrogen and oxygen atoms in total. The topological polar surface area (TPSA) is 88.4 Å². The molecule has 28 heavy (non-hydrogen) atoms. The molecule has 0 fully saturated rings. The third-order valence-electron chi connectivity index (χ3n) is 4.22. The molecular formula is C21H19ClN2O4. The van der Waals surface area contributed by atoms with E-state index in [0.717, 1.165) is 11.6 Å². The Morgan fingerprint density at radius 2 is 1.57 bits per heavy atom. The third-order valence-corrected chi connectivity index (χ3v) is 4.45. The maximum atomic E-state index is 12.2. The Bertz CT molecular complexity index is 1110. The van der Waals surface area contributed by atoms with Gasteiger partial charge in [-0.25, -0.2) is 0 Å². The predicted molar refractivity (Wildman–Crippen MR) is 108 cm³/mol. The number of amides is 2. The van der Waals surface area contributed by atoms with Gasteiger partial charge in [-0.1, -0.05) is 44.5 Å². The zero-order valence-electron chi connectivity index (χ0n) is 15.6. The summed E-state index contributed by atoms with van der Waals surface area (Å²) in [6.07, 6.45) is 0. The van der Waals surface area contributed by atoms with Crippen molar-refractivity contribution < 1.29 is 14.0 Å². The Labute approximate surface area is 166 Å². The van der Waals surface area contributed by atoms with Crippen molar-refractivity contribution in [1.82, 2.24) is 10.9 Å². The predicted octanol–water partition coefficient (Wildman–Crippen LogP) is 3.82. The number of carbonyl (C=O) groups is 2. The zero-order chi connectivity index (χ0) is 20.5. The van der Waals surface area contributed by atoms with Crippen LogP contribution in [0, 0.1) is 0 Å². The number of hydrazine groups is 1. The number of nitrogens with one attached hydrogen (secondary N) is 2. The van der Waals surface area contributed by atoms with Gasteiger partial charge in [0.15, 0.2) is 11.2 Å². The van der Waals surface area contributed by atoms with Crippen LogP contribution in [0.5, 0.6) is 0 Å². The first kappa shape index (κ1) is 19.6. The quantitative estimate of drug-likeness (QED) is 0.642.